The predicted molar refractivity (Wildman–Crippen MR) is 124 cm³/mol. The number of carbonyl (C=O) groups excluding carboxylic acids is 1. The number of fused-ring (bicyclic) bond motifs is 3. The lowest BCUT2D eigenvalue weighted by atomic mass is 10.2. The van der Waals surface area contributed by atoms with Crippen LogP contribution in [0.15, 0.2) is 59.2 Å². The average molecular weight is 482 g/mol. The van der Waals surface area contributed by atoms with Gasteiger partial charge < -0.3 is 19.5 Å². The standard InChI is InChI=1S/C23H21BrFN5O/c1-15-13-17(5-6-18(15)24)26-23(31)29-11-9-28(10-12-29)22-21-3-2-8-30(21)20-7-4-16(25)14-19(20)27-22/h2-8,13-14H,9-12H2,1H3,(H,26,31). The first-order valence-electron chi connectivity index (χ1n) is 10.1. The summed E-state index contributed by atoms with van der Waals surface area (Å²) >= 11 is 3.48. The first kappa shape index (κ1) is 19.8. The van der Waals surface area contributed by atoms with Gasteiger partial charge in [-0.3, -0.25) is 0 Å². The zero-order chi connectivity index (χ0) is 21.5. The van der Waals surface area contributed by atoms with Crippen molar-refractivity contribution in [3.8, 4) is 0 Å². The van der Waals surface area contributed by atoms with Crippen LogP contribution < -0.4 is 10.2 Å². The second-order valence-electron chi connectivity index (χ2n) is 7.70. The van der Waals surface area contributed by atoms with Crippen LogP contribution in [-0.4, -0.2) is 46.5 Å². The molecule has 5 rings (SSSR count). The maximum absolute atomic E-state index is 13.8. The Balaban J connectivity index is 1.34. The largest absolute Gasteiger partial charge is 0.351 e. The van der Waals surface area contributed by atoms with E-state index in [1.165, 1.54) is 12.1 Å². The first-order valence-corrected chi connectivity index (χ1v) is 10.9. The van der Waals surface area contributed by atoms with E-state index in [1.807, 2.05) is 52.8 Å². The highest BCUT2D eigenvalue weighted by molar-refractivity contribution is 9.10. The number of benzene rings is 2. The number of nitrogens with zero attached hydrogens (tertiary/aromatic N) is 4. The van der Waals surface area contributed by atoms with Gasteiger partial charge >= 0.3 is 6.03 Å². The maximum atomic E-state index is 13.8. The fraction of sp³-hybridized carbons (Fsp3) is 0.217. The number of hydrogen-bond donors (Lipinski definition) is 1. The quantitative estimate of drug-likeness (QED) is 0.435. The molecule has 0 spiro atoms. The first-order chi connectivity index (χ1) is 15.0. The normalized spacial score (nSPS) is 14.4. The van der Waals surface area contributed by atoms with E-state index < -0.39 is 0 Å². The summed E-state index contributed by atoms with van der Waals surface area (Å²) in [5, 5.41) is 2.98. The van der Waals surface area contributed by atoms with Crippen LogP contribution in [0.5, 0.6) is 0 Å². The van der Waals surface area contributed by atoms with E-state index >= 15 is 0 Å². The summed E-state index contributed by atoms with van der Waals surface area (Å²) < 4.78 is 16.8. The zero-order valence-electron chi connectivity index (χ0n) is 17.0. The minimum Gasteiger partial charge on any atom is -0.351 e. The van der Waals surface area contributed by atoms with Gasteiger partial charge in [0.2, 0.25) is 0 Å². The molecular formula is C23H21BrFN5O. The number of rotatable bonds is 2. The van der Waals surface area contributed by atoms with E-state index in [4.69, 9.17) is 4.98 Å². The van der Waals surface area contributed by atoms with Crippen LogP contribution in [0.4, 0.5) is 20.7 Å². The molecule has 158 valence electrons. The Bertz CT molecular complexity index is 1300. The van der Waals surface area contributed by atoms with Gasteiger partial charge in [0, 0.05) is 48.6 Å². The lowest BCUT2D eigenvalue weighted by molar-refractivity contribution is 0.208. The number of amides is 2. The molecule has 6 nitrogen and oxygen atoms in total. The smallest absolute Gasteiger partial charge is 0.321 e. The average Bonchev–Trinajstić information content (AvgIpc) is 3.26. The topological polar surface area (TPSA) is 52.9 Å². The highest BCUT2D eigenvalue weighted by atomic mass is 79.9. The van der Waals surface area contributed by atoms with Crippen LogP contribution in [0.3, 0.4) is 0 Å². The Labute approximate surface area is 187 Å². The van der Waals surface area contributed by atoms with E-state index in [2.05, 4.69) is 26.1 Å². The number of aromatic nitrogens is 2. The monoisotopic (exact) mass is 481 g/mol. The lowest BCUT2D eigenvalue weighted by Crippen LogP contribution is -2.50. The van der Waals surface area contributed by atoms with Crippen molar-refractivity contribution in [2.45, 2.75) is 6.92 Å². The molecule has 0 atom stereocenters. The van der Waals surface area contributed by atoms with Crippen molar-refractivity contribution in [1.29, 1.82) is 0 Å². The van der Waals surface area contributed by atoms with Crippen LogP contribution in [0.2, 0.25) is 0 Å². The number of hydrogen-bond acceptors (Lipinski definition) is 3. The fourth-order valence-corrected chi connectivity index (χ4v) is 4.26. The summed E-state index contributed by atoms with van der Waals surface area (Å²) in [5.41, 5.74) is 4.30. The molecule has 1 aliphatic heterocycles. The molecule has 1 aliphatic rings. The van der Waals surface area contributed by atoms with E-state index in [-0.39, 0.29) is 11.8 Å². The number of anilines is 2. The molecule has 0 aliphatic carbocycles. The van der Waals surface area contributed by atoms with Gasteiger partial charge in [0.1, 0.15) is 5.82 Å². The molecule has 2 amide bonds. The molecular weight excluding hydrogens is 461 g/mol. The number of nitrogens with one attached hydrogen (secondary N) is 1. The van der Waals surface area contributed by atoms with Crippen LogP contribution in [0, 0.1) is 12.7 Å². The Kier molecular flexibility index (Phi) is 5.02. The molecule has 0 unspecified atom stereocenters. The van der Waals surface area contributed by atoms with Gasteiger partial charge in [0.25, 0.3) is 0 Å². The number of halogens is 2. The van der Waals surface area contributed by atoms with Crippen molar-refractivity contribution in [3.05, 3.63) is 70.6 Å². The SMILES string of the molecule is Cc1cc(NC(=O)N2CCN(c3nc4cc(F)ccc4n4cccc34)CC2)ccc1Br. The molecule has 3 heterocycles. The van der Waals surface area contributed by atoms with Gasteiger partial charge in [-0.15, -0.1) is 0 Å². The highest BCUT2D eigenvalue weighted by Crippen LogP contribution is 2.27. The third-order valence-corrected chi connectivity index (χ3v) is 6.57. The van der Waals surface area contributed by atoms with Crippen molar-refractivity contribution in [2.75, 3.05) is 36.4 Å². The number of urea groups is 1. The Morgan fingerprint density at radius 1 is 1.06 bits per heavy atom. The molecule has 1 fully saturated rings. The van der Waals surface area contributed by atoms with Crippen LogP contribution >= 0.6 is 15.9 Å². The highest BCUT2D eigenvalue weighted by Gasteiger charge is 2.24. The van der Waals surface area contributed by atoms with E-state index in [0.717, 1.165) is 32.6 Å². The molecule has 0 bridgehead atoms. The Morgan fingerprint density at radius 3 is 2.65 bits per heavy atom. The van der Waals surface area contributed by atoms with Gasteiger partial charge in [0.15, 0.2) is 5.82 Å². The molecule has 1 saturated heterocycles. The summed E-state index contributed by atoms with van der Waals surface area (Å²) in [5.74, 6) is 0.508. The van der Waals surface area contributed by atoms with Gasteiger partial charge in [-0.2, -0.15) is 0 Å². The summed E-state index contributed by atoms with van der Waals surface area (Å²) in [6.45, 7) is 4.46. The third kappa shape index (κ3) is 3.72. The van der Waals surface area contributed by atoms with E-state index in [9.17, 15) is 9.18 Å². The van der Waals surface area contributed by atoms with Gasteiger partial charge in [-0.05, 0) is 55.0 Å². The molecule has 0 saturated carbocycles. The summed E-state index contributed by atoms with van der Waals surface area (Å²) in [7, 11) is 0. The number of piperazine rings is 1. The molecule has 31 heavy (non-hydrogen) atoms. The minimum atomic E-state index is -0.304. The van der Waals surface area contributed by atoms with Crippen molar-refractivity contribution in [2.24, 2.45) is 0 Å². The van der Waals surface area contributed by atoms with Gasteiger partial charge in [-0.25, -0.2) is 14.2 Å². The molecule has 2 aromatic carbocycles. The lowest BCUT2D eigenvalue weighted by Gasteiger charge is -2.35. The van der Waals surface area contributed by atoms with Crippen molar-refractivity contribution >= 4 is 50.0 Å². The fourth-order valence-electron chi connectivity index (χ4n) is 4.01. The maximum Gasteiger partial charge on any atom is 0.321 e. The Morgan fingerprint density at radius 2 is 1.87 bits per heavy atom. The van der Waals surface area contributed by atoms with Gasteiger partial charge in [0.05, 0.1) is 16.6 Å². The second kappa shape index (κ2) is 7.85. The van der Waals surface area contributed by atoms with Crippen LogP contribution in [0.1, 0.15) is 5.56 Å². The third-order valence-electron chi connectivity index (χ3n) is 5.68. The predicted octanol–water partition coefficient (Wildman–Crippen LogP) is 5.05. The van der Waals surface area contributed by atoms with Crippen LogP contribution in [0.25, 0.3) is 16.6 Å². The van der Waals surface area contributed by atoms with Gasteiger partial charge in [-0.1, -0.05) is 15.9 Å². The van der Waals surface area contributed by atoms with Crippen molar-refractivity contribution < 1.29 is 9.18 Å². The Hall–Kier alpha value is -3.13. The molecule has 2 aromatic heterocycles. The molecule has 0 radical (unpaired) electrons. The second-order valence-corrected chi connectivity index (χ2v) is 8.55. The van der Waals surface area contributed by atoms with Crippen LogP contribution in [-0.2, 0) is 0 Å². The summed E-state index contributed by atoms with van der Waals surface area (Å²) in [6, 6.07) is 14.3. The number of carbonyl (C=O) groups is 1. The molecule has 8 heteroatoms. The van der Waals surface area contributed by atoms with Crippen molar-refractivity contribution in [3.63, 3.8) is 0 Å². The minimum absolute atomic E-state index is 0.109. The number of aryl methyl sites for hydroxylation is 1. The van der Waals surface area contributed by atoms with E-state index in [1.54, 1.807) is 6.07 Å². The summed E-state index contributed by atoms with van der Waals surface area (Å²) in [6.07, 6.45) is 1.96. The molecule has 1 N–H and O–H groups in total. The summed E-state index contributed by atoms with van der Waals surface area (Å²) in [4.78, 5) is 21.4. The molecule has 4 aromatic rings. The van der Waals surface area contributed by atoms with E-state index in [0.29, 0.717) is 31.7 Å². The zero-order valence-corrected chi connectivity index (χ0v) is 18.6. The van der Waals surface area contributed by atoms with Crippen molar-refractivity contribution in [1.82, 2.24) is 14.3 Å².